The van der Waals surface area contributed by atoms with Crippen LogP contribution in [0, 0.1) is 0 Å². The van der Waals surface area contributed by atoms with E-state index in [0.29, 0.717) is 13.0 Å². The average molecular weight is 391 g/mol. The Morgan fingerprint density at radius 2 is 1.78 bits per heavy atom. The number of nitrogens with one attached hydrogen (secondary N) is 1. The van der Waals surface area contributed by atoms with Crippen molar-refractivity contribution in [1.82, 2.24) is 10.2 Å². The zero-order valence-corrected chi connectivity index (χ0v) is 17.5. The summed E-state index contributed by atoms with van der Waals surface area (Å²) >= 11 is 0. The lowest BCUT2D eigenvalue weighted by Crippen LogP contribution is -2.36. The maximum absolute atomic E-state index is 12.5. The van der Waals surface area contributed by atoms with Gasteiger partial charge in [-0.2, -0.15) is 0 Å². The van der Waals surface area contributed by atoms with E-state index in [9.17, 15) is 4.79 Å². The van der Waals surface area contributed by atoms with Crippen LogP contribution in [-0.2, 0) is 11.3 Å². The minimum absolute atomic E-state index is 0. The SMILES string of the molecule is CNCCCC(=O)N(Cc1ccc(-c2ccccc2OC)cc1)C(C)C.Cl. The molecule has 2 aromatic carbocycles. The summed E-state index contributed by atoms with van der Waals surface area (Å²) in [5.74, 6) is 1.08. The minimum Gasteiger partial charge on any atom is -0.496 e. The first-order valence-electron chi connectivity index (χ1n) is 9.23. The van der Waals surface area contributed by atoms with Crippen molar-refractivity contribution in [3.63, 3.8) is 0 Å². The second-order valence-electron chi connectivity index (χ2n) is 6.72. The molecule has 0 fully saturated rings. The molecule has 2 rings (SSSR count). The normalized spacial score (nSPS) is 10.4. The third-order valence-electron chi connectivity index (χ3n) is 4.49. The van der Waals surface area contributed by atoms with Gasteiger partial charge in [-0.3, -0.25) is 4.79 Å². The van der Waals surface area contributed by atoms with Crippen LogP contribution in [-0.4, -0.2) is 37.6 Å². The van der Waals surface area contributed by atoms with Gasteiger partial charge in [0.2, 0.25) is 5.91 Å². The van der Waals surface area contributed by atoms with E-state index in [1.165, 1.54) is 0 Å². The molecule has 0 aliphatic heterocycles. The van der Waals surface area contributed by atoms with Crippen molar-refractivity contribution in [3.05, 3.63) is 54.1 Å². The quantitative estimate of drug-likeness (QED) is 0.640. The molecule has 1 N–H and O–H groups in total. The van der Waals surface area contributed by atoms with Gasteiger partial charge in [-0.1, -0.05) is 42.5 Å². The molecular weight excluding hydrogens is 360 g/mol. The summed E-state index contributed by atoms with van der Waals surface area (Å²) in [5.41, 5.74) is 3.33. The van der Waals surface area contributed by atoms with Crippen LogP contribution in [0.5, 0.6) is 5.75 Å². The van der Waals surface area contributed by atoms with Crippen molar-refractivity contribution in [2.75, 3.05) is 20.7 Å². The van der Waals surface area contributed by atoms with Crippen LogP contribution in [0.1, 0.15) is 32.3 Å². The number of amides is 1. The molecule has 1 amide bonds. The Bertz CT molecular complexity index is 702. The third-order valence-corrected chi connectivity index (χ3v) is 4.49. The van der Waals surface area contributed by atoms with Crippen LogP contribution in [0.3, 0.4) is 0 Å². The first-order valence-corrected chi connectivity index (χ1v) is 9.23. The molecule has 5 heteroatoms. The zero-order chi connectivity index (χ0) is 18.9. The number of halogens is 1. The van der Waals surface area contributed by atoms with Gasteiger partial charge >= 0.3 is 0 Å². The van der Waals surface area contributed by atoms with Crippen LogP contribution < -0.4 is 10.1 Å². The maximum atomic E-state index is 12.5. The molecule has 148 valence electrons. The summed E-state index contributed by atoms with van der Waals surface area (Å²) in [6.07, 6.45) is 1.45. The minimum atomic E-state index is 0. The molecule has 0 spiro atoms. The van der Waals surface area contributed by atoms with Crippen LogP contribution in [0.25, 0.3) is 11.1 Å². The molecule has 0 saturated heterocycles. The Morgan fingerprint density at radius 1 is 1.11 bits per heavy atom. The number of benzene rings is 2. The second kappa shape index (κ2) is 11.6. The number of rotatable bonds is 9. The highest BCUT2D eigenvalue weighted by Gasteiger charge is 2.17. The van der Waals surface area contributed by atoms with E-state index in [-0.39, 0.29) is 24.4 Å². The Labute approximate surface area is 169 Å². The van der Waals surface area contributed by atoms with Gasteiger partial charge in [-0.05, 0) is 51.1 Å². The summed E-state index contributed by atoms with van der Waals surface area (Å²) in [6.45, 7) is 5.64. The topological polar surface area (TPSA) is 41.6 Å². The highest BCUT2D eigenvalue weighted by molar-refractivity contribution is 5.85. The van der Waals surface area contributed by atoms with Crippen LogP contribution in [0.15, 0.2) is 48.5 Å². The number of para-hydroxylation sites is 1. The molecule has 0 aromatic heterocycles. The lowest BCUT2D eigenvalue weighted by molar-refractivity contribution is -0.133. The number of hydrogen-bond acceptors (Lipinski definition) is 3. The van der Waals surface area contributed by atoms with Crippen molar-refractivity contribution >= 4 is 18.3 Å². The van der Waals surface area contributed by atoms with Crippen LogP contribution in [0.4, 0.5) is 0 Å². The number of carbonyl (C=O) groups is 1. The van der Waals surface area contributed by atoms with Crippen LogP contribution in [0.2, 0.25) is 0 Å². The maximum Gasteiger partial charge on any atom is 0.223 e. The average Bonchev–Trinajstić information content (AvgIpc) is 2.66. The van der Waals surface area contributed by atoms with Crippen molar-refractivity contribution in [2.24, 2.45) is 0 Å². The Balaban J connectivity index is 0.00000364. The fraction of sp³-hybridized carbons (Fsp3) is 0.409. The molecule has 0 radical (unpaired) electrons. The summed E-state index contributed by atoms with van der Waals surface area (Å²) in [7, 11) is 3.60. The van der Waals surface area contributed by atoms with E-state index in [2.05, 4.69) is 49.5 Å². The first kappa shape index (κ1) is 23.0. The highest BCUT2D eigenvalue weighted by Crippen LogP contribution is 2.29. The fourth-order valence-corrected chi connectivity index (χ4v) is 2.99. The fourth-order valence-electron chi connectivity index (χ4n) is 2.99. The van der Waals surface area contributed by atoms with Gasteiger partial charge in [-0.15, -0.1) is 12.4 Å². The summed E-state index contributed by atoms with van der Waals surface area (Å²) in [6, 6.07) is 16.6. The van der Waals surface area contributed by atoms with Crippen molar-refractivity contribution in [3.8, 4) is 16.9 Å². The van der Waals surface area contributed by atoms with E-state index in [0.717, 1.165) is 35.4 Å². The smallest absolute Gasteiger partial charge is 0.223 e. The predicted molar refractivity (Wildman–Crippen MR) is 115 cm³/mol. The van der Waals surface area contributed by atoms with Crippen molar-refractivity contribution in [1.29, 1.82) is 0 Å². The standard InChI is InChI=1S/C22H30N2O2.ClH/c1-17(2)24(22(25)10-7-15-23-3)16-18-11-13-19(14-12-18)20-8-5-6-9-21(20)26-4;/h5-6,8-9,11-14,17,23H,7,10,15-16H2,1-4H3;1H. The van der Waals surface area contributed by atoms with Gasteiger partial charge in [-0.25, -0.2) is 0 Å². The number of methoxy groups -OCH3 is 1. The van der Waals surface area contributed by atoms with Gasteiger partial charge in [0, 0.05) is 24.6 Å². The van der Waals surface area contributed by atoms with Crippen molar-refractivity contribution in [2.45, 2.75) is 39.3 Å². The highest BCUT2D eigenvalue weighted by atomic mass is 35.5. The molecule has 0 unspecified atom stereocenters. The molecule has 0 bridgehead atoms. The van der Waals surface area contributed by atoms with E-state index >= 15 is 0 Å². The third kappa shape index (κ3) is 6.56. The van der Waals surface area contributed by atoms with Gasteiger partial charge in [0.25, 0.3) is 0 Å². The van der Waals surface area contributed by atoms with Crippen LogP contribution >= 0.6 is 12.4 Å². The van der Waals surface area contributed by atoms with Gasteiger partial charge in [0.15, 0.2) is 0 Å². The van der Waals surface area contributed by atoms with Gasteiger partial charge in [0.05, 0.1) is 7.11 Å². The van der Waals surface area contributed by atoms with E-state index in [1.54, 1.807) is 7.11 Å². The molecule has 0 aliphatic carbocycles. The number of ether oxygens (including phenoxy) is 1. The lowest BCUT2D eigenvalue weighted by Gasteiger charge is -2.27. The largest absolute Gasteiger partial charge is 0.496 e. The number of nitrogens with zero attached hydrogens (tertiary/aromatic N) is 1. The summed E-state index contributed by atoms with van der Waals surface area (Å²) in [4.78, 5) is 14.5. The lowest BCUT2D eigenvalue weighted by atomic mass is 10.0. The van der Waals surface area contributed by atoms with E-state index in [1.807, 2.05) is 30.1 Å². The molecule has 0 atom stereocenters. The molecule has 0 aliphatic rings. The first-order chi connectivity index (χ1) is 12.6. The molecular formula is C22H31ClN2O2. The number of carbonyl (C=O) groups excluding carboxylic acids is 1. The molecule has 27 heavy (non-hydrogen) atoms. The Hall–Kier alpha value is -2.04. The summed E-state index contributed by atoms with van der Waals surface area (Å²) < 4.78 is 5.45. The number of hydrogen-bond donors (Lipinski definition) is 1. The summed E-state index contributed by atoms with van der Waals surface area (Å²) in [5, 5.41) is 3.09. The molecule has 2 aromatic rings. The van der Waals surface area contributed by atoms with E-state index < -0.39 is 0 Å². The molecule has 0 saturated carbocycles. The monoisotopic (exact) mass is 390 g/mol. The van der Waals surface area contributed by atoms with Crippen molar-refractivity contribution < 1.29 is 9.53 Å². The Kier molecular flexibility index (Phi) is 9.90. The van der Waals surface area contributed by atoms with E-state index in [4.69, 9.17) is 4.74 Å². The second-order valence-corrected chi connectivity index (χ2v) is 6.72. The Morgan fingerprint density at radius 3 is 2.37 bits per heavy atom. The van der Waals surface area contributed by atoms with Gasteiger partial charge in [0.1, 0.15) is 5.75 Å². The molecule has 0 heterocycles. The molecule has 4 nitrogen and oxygen atoms in total. The predicted octanol–water partition coefficient (Wildman–Crippen LogP) is 4.52. The zero-order valence-electron chi connectivity index (χ0n) is 16.7. The van der Waals surface area contributed by atoms with Gasteiger partial charge < -0.3 is 15.0 Å².